The fourth-order valence-electron chi connectivity index (χ4n) is 1.14. The van der Waals surface area contributed by atoms with Crippen molar-refractivity contribution < 1.29 is 4.79 Å². The number of hydrogen-bond acceptors (Lipinski definition) is 4. The van der Waals surface area contributed by atoms with Crippen LogP contribution in [-0.4, -0.2) is 17.4 Å². The Morgan fingerprint density at radius 3 is 3.21 bits per heavy atom. The Morgan fingerprint density at radius 2 is 2.43 bits per heavy atom. The van der Waals surface area contributed by atoms with Crippen LogP contribution in [-0.2, 0) is 4.79 Å². The number of anilines is 1. The monoisotopic (exact) mass is 207 g/mol. The van der Waals surface area contributed by atoms with E-state index < -0.39 is 0 Å². The summed E-state index contributed by atoms with van der Waals surface area (Å²) in [5.41, 5.74) is 8.67. The number of nitrogens with zero attached hydrogens (tertiary/aromatic N) is 1. The molecule has 72 valence electrons. The fraction of sp³-hybridized carbons (Fsp3) is 0.111. The van der Waals surface area contributed by atoms with Gasteiger partial charge in [-0.05, 0) is 18.2 Å². The van der Waals surface area contributed by atoms with Crippen LogP contribution in [0.3, 0.4) is 0 Å². The van der Waals surface area contributed by atoms with Gasteiger partial charge < -0.3 is 11.1 Å². The molecule has 14 heavy (non-hydrogen) atoms. The van der Waals surface area contributed by atoms with Gasteiger partial charge in [0.05, 0.1) is 22.3 Å². The molecule has 0 fully saturated rings. The van der Waals surface area contributed by atoms with Crippen molar-refractivity contribution in [3.05, 3.63) is 23.7 Å². The first kappa shape index (κ1) is 9.11. The minimum atomic E-state index is -0.186. The van der Waals surface area contributed by atoms with Crippen LogP contribution in [0.2, 0.25) is 0 Å². The maximum Gasteiger partial charge on any atom is 0.238 e. The van der Waals surface area contributed by atoms with Crippen LogP contribution in [0.4, 0.5) is 5.69 Å². The van der Waals surface area contributed by atoms with Crippen molar-refractivity contribution in [3.8, 4) is 0 Å². The summed E-state index contributed by atoms with van der Waals surface area (Å²) in [7, 11) is 0. The smallest absolute Gasteiger partial charge is 0.238 e. The Balaban J connectivity index is 2.30. The Bertz CT molecular complexity index is 466. The zero-order chi connectivity index (χ0) is 9.97. The average molecular weight is 207 g/mol. The molecule has 0 aliphatic carbocycles. The highest BCUT2D eigenvalue weighted by molar-refractivity contribution is 7.16. The summed E-state index contributed by atoms with van der Waals surface area (Å²) in [6.45, 7) is 0.000722. The summed E-state index contributed by atoms with van der Waals surface area (Å²) >= 11 is 1.54. The predicted molar refractivity (Wildman–Crippen MR) is 57.3 cm³/mol. The van der Waals surface area contributed by atoms with Gasteiger partial charge in [-0.25, -0.2) is 4.98 Å². The molecule has 0 saturated carbocycles. The maximum atomic E-state index is 11.0. The average Bonchev–Trinajstić information content (AvgIpc) is 2.64. The molecule has 0 aliphatic rings. The van der Waals surface area contributed by atoms with E-state index in [4.69, 9.17) is 5.73 Å². The second-order valence-electron chi connectivity index (χ2n) is 2.79. The number of carbonyl (C=O) groups excluding carboxylic acids is 1. The van der Waals surface area contributed by atoms with E-state index in [2.05, 4.69) is 10.3 Å². The zero-order valence-electron chi connectivity index (χ0n) is 7.36. The molecule has 1 heterocycles. The number of amides is 1. The van der Waals surface area contributed by atoms with Gasteiger partial charge in [0.2, 0.25) is 5.91 Å². The molecule has 0 aliphatic heterocycles. The second kappa shape index (κ2) is 3.73. The van der Waals surface area contributed by atoms with E-state index in [1.807, 2.05) is 18.2 Å². The van der Waals surface area contributed by atoms with Gasteiger partial charge >= 0.3 is 0 Å². The van der Waals surface area contributed by atoms with Crippen LogP contribution < -0.4 is 11.1 Å². The highest BCUT2D eigenvalue weighted by atomic mass is 32.1. The standard InChI is InChI=1S/C9H9N3OS/c10-4-9(13)12-6-1-2-7-8(3-6)14-5-11-7/h1-3,5H,4,10H2,(H,12,13). The highest BCUT2D eigenvalue weighted by Gasteiger charge is 2.01. The van der Waals surface area contributed by atoms with Crippen molar-refractivity contribution in [2.24, 2.45) is 5.73 Å². The van der Waals surface area contributed by atoms with Crippen molar-refractivity contribution in [2.75, 3.05) is 11.9 Å². The lowest BCUT2D eigenvalue weighted by atomic mass is 10.3. The van der Waals surface area contributed by atoms with Crippen molar-refractivity contribution in [2.45, 2.75) is 0 Å². The SMILES string of the molecule is NCC(=O)Nc1ccc2ncsc2c1. The number of nitrogens with one attached hydrogen (secondary N) is 1. The third-order valence-corrected chi connectivity index (χ3v) is 2.59. The quantitative estimate of drug-likeness (QED) is 0.777. The van der Waals surface area contributed by atoms with Gasteiger partial charge in [0.25, 0.3) is 0 Å². The van der Waals surface area contributed by atoms with Gasteiger partial charge in [-0.1, -0.05) is 0 Å². The Morgan fingerprint density at radius 1 is 1.57 bits per heavy atom. The molecule has 2 rings (SSSR count). The molecule has 0 atom stereocenters. The number of benzene rings is 1. The molecule has 0 radical (unpaired) electrons. The van der Waals surface area contributed by atoms with Crippen LogP contribution in [0.5, 0.6) is 0 Å². The Kier molecular flexibility index (Phi) is 2.43. The van der Waals surface area contributed by atoms with Gasteiger partial charge in [0.1, 0.15) is 0 Å². The van der Waals surface area contributed by atoms with E-state index >= 15 is 0 Å². The summed E-state index contributed by atoms with van der Waals surface area (Å²) in [4.78, 5) is 15.1. The number of rotatable bonds is 2. The van der Waals surface area contributed by atoms with Gasteiger partial charge in [0.15, 0.2) is 0 Å². The van der Waals surface area contributed by atoms with Gasteiger partial charge in [-0.3, -0.25) is 4.79 Å². The summed E-state index contributed by atoms with van der Waals surface area (Å²) in [6, 6.07) is 5.58. The highest BCUT2D eigenvalue weighted by Crippen LogP contribution is 2.21. The molecular weight excluding hydrogens is 198 g/mol. The van der Waals surface area contributed by atoms with Gasteiger partial charge in [-0.2, -0.15) is 0 Å². The minimum Gasteiger partial charge on any atom is -0.325 e. The third kappa shape index (κ3) is 1.73. The second-order valence-corrected chi connectivity index (χ2v) is 3.67. The number of nitrogens with two attached hydrogens (primary N) is 1. The van der Waals surface area contributed by atoms with Crippen molar-refractivity contribution in [1.82, 2.24) is 4.98 Å². The summed E-state index contributed by atoms with van der Waals surface area (Å²) < 4.78 is 1.06. The third-order valence-electron chi connectivity index (χ3n) is 1.80. The molecule has 0 bridgehead atoms. The molecule has 1 amide bonds. The first-order valence-electron chi connectivity index (χ1n) is 4.13. The lowest BCUT2D eigenvalue weighted by Gasteiger charge is -2.02. The molecule has 3 N–H and O–H groups in total. The number of fused-ring (bicyclic) bond motifs is 1. The summed E-state index contributed by atoms with van der Waals surface area (Å²) in [5.74, 6) is -0.186. The minimum absolute atomic E-state index is 0.000722. The summed E-state index contributed by atoms with van der Waals surface area (Å²) in [6.07, 6.45) is 0. The maximum absolute atomic E-state index is 11.0. The topological polar surface area (TPSA) is 68.0 Å². The number of hydrogen-bond donors (Lipinski definition) is 2. The fourth-order valence-corrected chi connectivity index (χ4v) is 1.86. The molecule has 2 aromatic rings. The molecule has 0 saturated heterocycles. The zero-order valence-corrected chi connectivity index (χ0v) is 8.17. The lowest BCUT2D eigenvalue weighted by Crippen LogP contribution is -2.21. The number of thiazole rings is 1. The normalized spacial score (nSPS) is 10.4. The van der Waals surface area contributed by atoms with E-state index in [0.717, 1.165) is 15.9 Å². The van der Waals surface area contributed by atoms with Crippen molar-refractivity contribution >= 4 is 33.1 Å². The van der Waals surface area contributed by atoms with Crippen LogP contribution >= 0.6 is 11.3 Å². The summed E-state index contributed by atoms with van der Waals surface area (Å²) in [5, 5.41) is 2.69. The van der Waals surface area contributed by atoms with Crippen LogP contribution in [0.1, 0.15) is 0 Å². The largest absolute Gasteiger partial charge is 0.325 e. The van der Waals surface area contributed by atoms with E-state index in [1.165, 1.54) is 0 Å². The van der Waals surface area contributed by atoms with E-state index in [-0.39, 0.29) is 12.5 Å². The molecular formula is C9H9N3OS. The molecule has 5 heteroatoms. The predicted octanol–water partition coefficient (Wildman–Crippen LogP) is 1.19. The van der Waals surface area contributed by atoms with Crippen LogP contribution in [0.25, 0.3) is 10.2 Å². The molecule has 1 aromatic carbocycles. The Labute approximate surface area is 84.8 Å². The number of aromatic nitrogens is 1. The number of carbonyl (C=O) groups is 1. The lowest BCUT2D eigenvalue weighted by molar-refractivity contribution is -0.114. The van der Waals surface area contributed by atoms with Crippen LogP contribution in [0.15, 0.2) is 23.7 Å². The molecule has 4 nitrogen and oxygen atoms in total. The van der Waals surface area contributed by atoms with E-state index in [1.54, 1.807) is 16.8 Å². The molecule has 0 spiro atoms. The van der Waals surface area contributed by atoms with Crippen molar-refractivity contribution in [1.29, 1.82) is 0 Å². The van der Waals surface area contributed by atoms with E-state index in [9.17, 15) is 4.79 Å². The first-order valence-corrected chi connectivity index (χ1v) is 5.01. The molecule has 0 unspecified atom stereocenters. The molecule has 1 aromatic heterocycles. The van der Waals surface area contributed by atoms with Gasteiger partial charge in [-0.15, -0.1) is 11.3 Å². The Hall–Kier alpha value is -1.46. The van der Waals surface area contributed by atoms with E-state index in [0.29, 0.717) is 0 Å². The van der Waals surface area contributed by atoms with Crippen molar-refractivity contribution in [3.63, 3.8) is 0 Å². The van der Waals surface area contributed by atoms with Gasteiger partial charge in [0, 0.05) is 5.69 Å². The van der Waals surface area contributed by atoms with Crippen LogP contribution in [0, 0.1) is 0 Å². The first-order chi connectivity index (χ1) is 6.79.